The monoisotopic (exact) mass is 363 g/mol. The van der Waals surface area contributed by atoms with Crippen LogP contribution in [0.5, 0.6) is 0 Å². The first-order chi connectivity index (χ1) is 13.1. The number of nitrogens with zero attached hydrogens (tertiary/aromatic N) is 2. The number of aromatic nitrogens is 1. The van der Waals surface area contributed by atoms with Crippen molar-refractivity contribution in [3.63, 3.8) is 0 Å². The summed E-state index contributed by atoms with van der Waals surface area (Å²) in [5.74, 6) is 0.0758. The average Bonchev–Trinajstić information content (AvgIpc) is 3.54. The number of likely N-dealkylation sites (tertiary alicyclic amines) is 1. The molecule has 2 aromatic rings. The second-order valence-electron chi connectivity index (χ2n) is 7.90. The van der Waals surface area contributed by atoms with Gasteiger partial charge in [-0.15, -0.1) is 0 Å². The minimum Gasteiger partial charge on any atom is -0.369 e. The van der Waals surface area contributed by atoms with Gasteiger partial charge in [0.15, 0.2) is 0 Å². The second kappa shape index (κ2) is 7.14. The summed E-state index contributed by atoms with van der Waals surface area (Å²) >= 11 is 0. The van der Waals surface area contributed by atoms with E-state index in [9.17, 15) is 9.59 Å². The number of amides is 2. The molecule has 5 heteroatoms. The third-order valence-electron chi connectivity index (χ3n) is 5.83. The van der Waals surface area contributed by atoms with E-state index in [-0.39, 0.29) is 17.7 Å². The van der Waals surface area contributed by atoms with Crippen LogP contribution < -0.4 is 5.73 Å². The molecule has 2 fully saturated rings. The van der Waals surface area contributed by atoms with Crippen molar-refractivity contribution in [2.45, 2.75) is 32.1 Å². The van der Waals surface area contributed by atoms with Gasteiger partial charge >= 0.3 is 0 Å². The zero-order valence-corrected chi connectivity index (χ0v) is 15.4. The molecule has 2 amide bonds. The van der Waals surface area contributed by atoms with Gasteiger partial charge < -0.3 is 10.6 Å². The molecular formula is C22H25N3O2. The van der Waals surface area contributed by atoms with Crippen molar-refractivity contribution < 1.29 is 9.59 Å². The Labute approximate surface area is 159 Å². The normalized spacial score (nSPS) is 22.4. The van der Waals surface area contributed by atoms with Gasteiger partial charge in [0, 0.05) is 31.4 Å². The maximum atomic E-state index is 12.5. The molecular weight excluding hydrogens is 338 g/mol. The molecule has 27 heavy (non-hydrogen) atoms. The van der Waals surface area contributed by atoms with Gasteiger partial charge in [0.05, 0.1) is 5.41 Å². The summed E-state index contributed by atoms with van der Waals surface area (Å²) in [6, 6.07) is 12.1. The third-order valence-corrected chi connectivity index (χ3v) is 5.83. The van der Waals surface area contributed by atoms with Crippen molar-refractivity contribution in [3.8, 4) is 11.1 Å². The van der Waals surface area contributed by atoms with Crippen molar-refractivity contribution >= 4 is 11.8 Å². The van der Waals surface area contributed by atoms with E-state index < -0.39 is 5.41 Å². The van der Waals surface area contributed by atoms with Gasteiger partial charge in [-0.3, -0.25) is 14.6 Å². The summed E-state index contributed by atoms with van der Waals surface area (Å²) in [6.07, 6.45) is 7.69. The Balaban J connectivity index is 1.52. The van der Waals surface area contributed by atoms with Gasteiger partial charge in [0.2, 0.25) is 11.8 Å². The topological polar surface area (TPSA) is 76.3 Å². The number of pyridine rings is 1. The van der Waals surface area contributed by atoms with Crippen molar-refractivity contribution in [1.29, 1.82) is 0 Å². The summed E-state index contributed by atoms with van der Waals surface area (Å²) in [5.41, 5.74) is 8.40. The molecule has 1 saturated heterocycles. The standard InChI is InChI=1S/C22H25N3O2/c23-21(27)22(10-2-12-25(15-22)20(26)18-8-9-18)13-16-4-6-17(7-5-16)19-3-1-11-24-14-19/h1,3-7,11,14,18H,2,8-10,12-13,15H2,(H2,23,27). The first kappa shape index (κ1) is 17.7. The highest BCUT2D eigenvalue weighted by molar-refractivity contribution is 5.85. The van der Waals surface area contributed by atoms with E-state index in [1.54, 1.807) is 6.20 Å². The molecule has 2 heterocycles. The predicted octanol–water partition coefficient (Wildman–Crippen LogP) is 2.80. The molecule has 1 aromatic carbocycles. The number of benzene rings is 1. The summed E-state index contributed by atoms with van der Waals surface area (Å²) in [7, 11) is 0. The predicted molar refractivity (Wildman–Crippen MR) is 104 cm³/mol. The number of hydrogen-bond acceptors (Lipinski definition) is 3. The Kier molecular flexibility index (Phi) is 4.68. The van der Waals surface area contributed by atoms with Crippen molar-refractivity contribution in [2.75, 3.05) is 13.1 Å². The van der Waals surface area contributed by atoms with Crippen LogP contribution in [-0.2, 0) is 16.0 Å². The lowest BCUT2D eigenvalue weighted by Gasteiger charge is -2.41. The molecule has 0 radical (unpaired) electrons. The molecule has 4 rings (SSSR count). The Morgan fingerprint density at radius 2 is 1.93 bits per heavy atom. The van der Waals surface area contributed by atoms with Crippen LogP contribution >= 0.6 is 0 Å². The molecule has 1 aliphatic heterocycles. The first-order valence-electron chi connectivity index (χ1n) is 9.65. The van der Waals surface area contributed by atoms with E-state index in [1.165, 1.54) is 0 Å². The zero-order valence-electron chi connectivity index (χ0n) is 15.4. The lowest BCUT2D eigenvalue weighted by molar-refractivity contribution is -0.140. The minimum absolute atomic E-state index is 0.174. The Hall–Kier alpha value is -2.69. The maximum absolute atomic E-state index is 12.5. The van der Waals surface area contributed by atoms with Crippen molar-refractivity contribution in [2.24, 2.45) is 17.1 Å². The number of piperidine rings is 1. The smallest absolute Gasteiger partial charge is 0.225 e. The fourth-order valence-corrected chi connectivity index (χ4v) is 4.08. The molecule has 0 bridgehead atoms. The van der Waals surface area contributed by atoms with Gasteiger partial charge in [0.25, 0.3) is 0 Å². The fourth-order valence-electron chi connectivity index (χ4n) is 4.08. The SMILES string of the molecule is NC(=O)C1(Cc2ccc(-c3cccnc3)cc2)CCCN(C(=O)C2CC2)C1. The molecule has 0 spiro atoms. The minimum atomic E-state index is -0.668. The highest BCUT2D eigenvalue weighted by Gasteiger charge is 2.44. The van der Waals surface area contributed by atoms with Gasteiger partial charge in [-0.2, -0.15) is 0 Å². The summed E-state index contributed by atoms with van der Waals surface area (Å²) < 4.78 is 0. The van der Waals surface area contributed by atoms with Crippen molar-refractivity contribution in [1.82, 2.24) is 9.88 Å². The van der Waals surface area contributed by atoms with E-state index in [0.29, 0.717) is 13.0 Å². The average molecular weight is 363 g/mol. The lowest BCUT2D eigenvalue weighted by atomic mass is 9.74. The number of primary amides is 1. The van der Waals surface area contributed by atoms with Crippen LogP contribution in [0, 0.1) is 11.3 Å². The van der Waals surface area contributed by atoms with Crippen LogP contribution in [0.25, 0.3) is 11.1 Å². The molecule has 2 N–H and O–H groups in total. The number of carbonyl (C=O) groups excluding carboxylic acids is 2. The molecule has 1 aromatic heterocycles. The van der Waals surface area contributed by atoms with Gasteiger partial charge in [0.1, 0.15) is 0 Å². The quantitative estimate of drug-likeness (QED) is 0.887. The van der Waals surface area contributed by atoms with Crippen LogP contribution in [0.1, 0.15) is 31.2 Å². The lowest BCUT2D eigenvalue weighted by Crippen LogP contribution is -2.53. The number of carbonyl (C=O) groups is 2. The van der Waals surface area contributed by atoms with Crippen LogP contribution in [0.2, 0.25) is 0 Å². The molecule has 5 nitrogen and oxygen atoms in total. The maximum Gasteiger partial charge on any atom is 0.225 e. The number of nitrogens with two attached hydrogens (primary N) is 1. The van der Waals surface area contributed by atoms with Gasteiger partial charge in [-0.05, 0) is 54.9 Å². The Bertz CT molecular complexity index is 830. The summed E-state index contributed by atoms with van der Waals surface area (Å²) in [4.78, 5) is 30.9. The second-order valence-corrected chi connectivity index (χ2v) is 7.90. The van der Waals surface area contributed by atoms with E-state index in [1.807, 2.05) is 23.2 Å². The van der Waals surface area contributed by atoms with Crippen LogP contribution in [-0.4, -0.2) is 34.8 Å². The first-order valence-corrected chi connectivity index (χ1v) is 9.65. The highest BCUT2D eigenvalue weighted by atomic mass is 16.2. The number of rotatable bonds is 5. The third kappa shape index (κ3) is 3.72. The number of hydrogen-bond donors (Lipinski definition) is 1. The Morgan fingerprint density at radius 3 is 2.56 bits per heavy atom. The summed E-state index contributed by atoms with van der Waals surface area (Å²) in [6.45, 7) is 1.19. The molecule has 1 atom stereocenters. The van der Waals surface area contributed by atoms with Gasteiger partial charge in [-0.1, -0.05) is 30.3 Å². The van der Waals surface area contributed by atoms with E-state index >= 15 is 0 Å². The Morgan fingerprint density at radius 1 is 1.15 bits per heavy atom. The molecule has 1 saturated carbocycles. The van der Waals surface area contributed by atoms with E-state index in [4.69, 9.17) is 5.73 Å². The molecule has 2 aliphatic rings. The van der Waals surface area contributed by atoms with E-state index in [0.717, 1.165) is 48.9 Å². The van der Waals surface area contributed by atoms with Crippen LogP contribution in [0.3, 0.4) is 0 Å². The molecule has 140 valence electrons. The van der Waals surface area contributed by atoms with Crippen LogP contribution in [0.15, 0.2) is 48.8 Å². The van der Waals surface area contributed by atoms with Crippen LogP contribution in [0.4, 0.5) is 0 Å². The zero-order chi connectivity index (χ0) is 18.9. The molecule has 1 aliphatic carbocycles. The molecule has 1 unspecified atom stereocenters. The fraction of sp³-hybridized carbons (Fsp3) is 0.409. The largest absolute Gasteiger partial charge is 0.369 e. The van der Waals surface area contributed by atoms with Gasteiger partial charge in [-0.25, -0.2) is 0 Å². The van der Waals surface area contributed by atoms with E-state index in [2.05, 4.69) is 29.2 Å². The van der Waals surface area contributed by atoms with Crippen molar-refractivity contribution in [3.05, 3.63) is 54.4 Å². The summed E-state index contributed by atoms with van der Waals surface area (Å²) in [5, 5.41) is 0. The highest BCUT2D eigenvalue weighted by Crippen LogP contribution is 2.38.